The Labute approximate surface area is 181 Å². The number of anilines is 2. The van der Waals surface area contributed by atoms with Crippen LogP contribution in [0.15, 0.2) is 61.2 Å². The number of rotatable bonds is 10. The number of aryl methyl sites for hydroxylation is 1. The lowest BCUT2D eigenvalue weighted by Gasteiger charge is -2.12. The molecule has 0 aliphatic rings. The lowest BCUT2D eigenvalue weighted by molar-refractivity contribution is -0.119. The maximum atomic E-state index is 12.3. The van der Waals surface area contributed by atoms with E-state index in [1.165, 1.54) is 17.3 Å². The van der Waals surface area contributed by atoms with Crippen molar-refractivity contribution in [2.24, 2.45) is 0 Å². The Morgan fingerprint density at radius 3 is 2.48 bits per heavy atom. The fourth-order valence-corrected chi connectivity index (χ4v) is 2.93. The smallest absolute Gasteiger partial charge is 0.249 e. The molecule has 8 heteroatoms. The van der Waals surface area contributed by atoms with Crippen molar-refractivity contribution >= 4 is 23.2 Å². The molecule has 0 bridgehead atoms. The molecule has 0 fully saturated rings. The minimum Gasteiger partial charge on any atom is -0.494 e. The van der Waals surface area contributed by atoms with Gasteiger partial charge in [-0.25, -0.2) is 9.67 Å². The van der Waals surface area contributed by atoms with Crippen LogP contribution in [0.3, 0.4) is 0 Å². The van der Waals surface area contributed by atoms with E-state index in [9.17, 15) is 9.59 Å². The van der Waals surface area contributed by atoms with Gasteiger partial charge in [0.15, 0.2) is 0 Å². The van der Waals surface area contributed by atoms with Crippen molar-refractivity contribution in [2.75, 3.05) is 17.2 Å². The predicted molar refractivity (Wildman–Crippen MR) is 119 cm³/mol. The minimum absolute atomic E-state index is 0.0489. The van der Waals surface area contributed by atoms with Gasteiger partial charge in [-0.2, -0.15) is 5.10 Å². The number of hydrogen-bond donors (Lipinski definition) is 2. The standard InChI is InChI=1S/C23H27N5O3/c1-17-6-5-7-21(14-17)31-13-4-3-8-22(29)26-19-9-11-20(12-10-19)27-23(30)18(2)28-16-24-15-25-28/h5-7,9-12,14-16,18H,3-4,8,13H2,1-2H3,(H,26,29)(H,27,30). The molecule has 1 aromatic heterocycles. The highest BCUT2D eigenvalue weighted by Gasteiger charge is 2.15. The quantitative estimate of drug-likeness (QED) is 0.483. The van der Waals surface area contributed by atoms with E-state index >= 15 is 0 Å². The van der Waals surface area contributed by atoms with Crippen LogP contribution in [0.1, 0.15) is 37.8 Å². The summed E-state index contributed by atoms with van der Waals surface area (Å²) in [5.74, 6) is 0.606. The van der Waals surface area contributed by atoms with Crippen LogP contribution >= 0.6 is 0 Å². The van der Waals surface area contributed by atoms with Crippen LogP contribution in [0, 0.1) is 6.92 Å². The highest BCUT2D eigenvalue weighted by Crippen LogP contribution is 2.16. The van der Waals surface area contributed by atoms with Gasteiger partial charge in [0.25, 0.3) is 0 Å². The Hall–Kier alpha value is -3.68. The summed E-state index contributed by atoms with van der Waals surface area (Å²) in [7, 11) is 0. The minimum atomic E-state index is -0.475. The Kier molecular flexibility index (Phi) is 7.75. The normalized spacial score (nSPS) is 11.5. The molecule has 0 saturated heterocycles. The Bertz CT molecular complexity index is 987. The van der Waals surface area contributed by atoms with Gasteiger partial charge in [-0.05, 0) is 68.7 Å². The Morgan fingerprint density at radius 1 is 1.06 bits per heavy atom. The molecule has 0 aliphatic heterocycles. The molecule has 0 spiro atoms. The van der Waals surface area contributed by atoms with Gasteiger partial charge in [-0.15, -0.1) is 0 Å². The van der Waals surface area contributed by atoms with E-state index in [1.54, 1.807) is 31.2 Å². The topological polar surface area (TPSA) is 98.1 Å². The van der Waals surface area contributed by atoms with Gasteiger partial charge >= 0.3 is 0 Å². The number of benzene rings is 2. The molecule has 162 valence electrons. The number of unbranched alkanes of at least 4 members (excludes halogenated alkanes) is 1. The third-order valence-electron chi connectivity index (χ3n) is 4.71. The molecule has 3 aromatic rings. The third-order valence-corrected chi connectivity index (χ3v) is 4.71. The number of carbonyl (C=O) groups is 2. The number of hydrogen-bond acceptors (Lipinski definition) is 5. The first kappa shape index (κ1) is 22.0. The van der Waals surface area contributed by atoms with Crippen molar-refractivity contribution in [3.05, 3.63) is 66.7 Å². The van der Waals surface area contributed by atoms with Crippen molar-refractivity contribution in [2.45, 2.75) is 39.2 Å². The van der Waals surface area contributed by atoms with Crippen LogP contribution in [0.25, 0.3) is 0 Å². The first-order valence-electron chi connectivity index (χ1n) is 10.3. The molecular formula is C23H27N5O3. The van der Waals surface area contributed by atoms with E-state index in [1.807, 2.05) is 31.2 Å². The van der Waals surface area contributed by atoms with Crippen LogP contribution in [0.2, 0.25) is 0 Å². The number of carbonyl (C=O) groups excluding carboxylic acids is 2. The summed E-state index contributed by atoms with van der Waals surface area (Å²) in [6.07, 6.45) is 4.85. The largest absolute Gasteiger partial charge is 0.494 e. The van der Waals surface area contributed by atoms with Gasteiger partial charge in [-0.1, -0.05) is 12.1 Å². The van der Waals surface area contributed by atoms with Crippen molar-refractivity contribution in [3.8, 4) is 5.75 Å². The van der Waals surface area contributed by atoms with Gasteiger partial charge in [0.1, 0.15) is 24.4 Å². The Morgan fingerprint density at radius 2 is 1.81 bits per heavy atom. The molecule has 3 rings (SSSR count). The van der Waals surface area contributed by atoms with Crippen molar-refractivity contribution in [3.63, 3.8) is 0 Å². The summed E-state index contributed by atoms with van der Waals surface area (Å²) >= 11 is 0. The number of nitrogens with one attached hydrogen (secondary N) is 2. The average Bonchev–Trinajstić information content (AvgIpc) is 3.29. The second-order valence-corrected chi connectivity index (χ2v) is 7.29. The zero-order valence-electron chi connectivity index (χ0n) is 17.7. The number of amides is 2. The van der Waals surface area contributed by atoms with E-state index < -0.39 is 6.04 Å². The third kappa shape index (κ3) is 6.95. The van der Waals surface area contributed by atoms with Gasteiger partial charge in [0.05, 0.1) is 6.61 Å². The zero-order chi connectivity index (χ0) is 22.1. The molecule has 31 heavy (non-hydrogen) atoms. The van der Waals surface area contributed by atoms with Crippen LogP contribution in [-0.4, -0.2) is 33.2 Å². The van der Waals surface area contributed by atoms with E-state index in [2.05, 4.69) is 20.7 Å². The summed E-state index contributed by atoms with van der Waals surface area (Å²) in [6.45, 7) is 4.35. The molecule has 1 unspecified atom stereocenters. The number of aromatic nitrogens is 3. The zero-order valence-corrected chi connectivity index (χ0v) is 17.7. The van der Waals surface area contributed by atoms with Crippen LogP contribution in [-0.2, 0) is 9.59 Å². The maximum Gasteiger partial charge on any atom is 0.249 e. The van der Waals surface area contributed by atoms with Crippen LogP contribution < -0.4 is 15.4 Å². The molecule has 0 aliphatic carbocycles. The van der Waals surface area contributed by atoms with E-state index in [0.717, 1.165) is 24.2 Å². The SMILES string of the molecule is Cc1cccc(OCCCCC(=O)Nc2ccc(NC(=O)C(C)n3cncn3)cc2)c1. The van der Waals surface area contributed by atoms with E-state index in [4.69, 9.17) is 4.74 Å². The second-order valence-electron chi connectivity index (χ2n) is 7.29. The van der Waals surface area contributed by atoms with E-state index in [0.29, 0.717) is 24.4 Å². The molecule has 1 atom stereocenters. The van der Waals surface area contributed by atoms with E-state index in [-0.39, 0.29) is 11.8 Å². The van der Waals surface area contributed by atoms with Gasteiger partial charge in [0.2, 0.25) is 11.8 Å². The van der Waals surface area contributed by atoms with Gasteiger partial charge in [-0.3, -0.25) is 9.59 Å². The summed E-state index contributed by atoms with van der Waals surface area (Å²) in [5, 5.41) is 9.66. The molecule has 2 aromatic carbocycles. The fourth-order valence-electron chi connectivity index (χ4n) is 2.93. The summed E-state index contributed by atoms with van der Waals surface area (Å²) in [4.78, 5) is 28.3. The first-order chi connectivity index (χ1) is 15.0. The average molecular weight is 422 g/mol. The van der Waals surface area contributed by atoms with Crippen LogP contribution in [0.4, 0.5) is 11.4 Å². The second kappa shape index (κ2) is 10.9. The summed E-state index contributed by atoms with van der Waals surface area (Å²) in [6, 6.07) is 14.5. The highest BCUT2D eigenvalue weighted by atomic mass is 16.5. The summed E-state index contributed by atoms with van der Waals surface area (Å²) in [5.41, 5.74) is 2.48. The van der Waals surface area contributed by atoms with Crippen LogP contribution in [0.5, 0.6) is 5.75 Å². The van der Waals surface area contributed by atoms with Crippen molar-refractivity contribution in [1.29, 1.82) is 0 Å². The lowest BCUT2D eigenvalue weighted by Crippen LogP contribution is -2.24. The molecule has 2 N–H and O–H groups in total. The molecule has 0 radical (unpaired) electrons. The summed E-state index contributed by atoms with van der Waals surface area (Å²) < 4.78 is 7.18. The Balaban J connectivity index is 1.36. The molecule has 1 heterocycles. The first-order valence-corrected chi connectivity index (χ1v) is 10.3. The molecular weight excluding hydrogens is 394 g/mol. The molecule has 2 amide bonds. The number of nitrogens with zero attached hydrogens (tertiary/aromatic N) is 3. The fraction of sp³-hybridized carbons (Fsp3) is 0.304. The van der Waals surface area contributed by atoms with Gasteiger partial charge in [0, 0.05) is 17.8 Å². The van der Waals surface area contributed by atoms with Crippen molar-refractivity contribution in [1.82, 2.24) is 14.8 Å². The predicted octanol–water partition coefficient (Wildman–Crippen LogP) is 3.97. The van der Waals surface area contributed by atoms with Gasteiger partial charge < -0.3 is 15.4 Å². The molecule has 0 saturated carbocycles. The lowest BCUT2D eigenvalue weighted by atomic mass is 10.2. The van der Waals surface area contributed by atoms with Crippen molar-refractivity contribution < 1.29 is 14.3 Å². The maximum absolute atomic E-state index is 12.3. The monoisotopic (exact) mass is 421 g/mol. The number of ether oxygens (including phenoxy) is 1. The highest BCUT2D eigenvalue weighted by molar-refractivity contribution is 5.94. The molecule has 8 nitrogen and oxygen atoms in total.